The van der Waals surface area contributed by atoms with E-state index in [1.807, 2.05) is 6.92 Å². The second-order valence-corrected chi connectivity index (χ2v) is 6.50. The first kappa shape index (κ1) is 14.8. The largest absolute Gasteiger partial charge is 0.379 e. The van der Waals surface area contributed by atoms with Gasteiger partial charge in [-0.1, -0.05) is 6.92 Å². The van der Waals surface area contributed by atoms with E-state index in [9.17, 15) is 4.79 Å². The average Bonchev–Trinajstić information content (AvgIpc) is 2.75. The Hall–Kier alpha value is -0.260. The molecule has 1 aliphatic rings. The molecule has 0 radical (unpaired) electrons. The third-order valence-electron chi connectivity index (χ3n) is 3.12. The lowest BCUT2D eigenvalue weighted by Crippen LogP contribution is -2.46. The van der Waals surface area contributed by atoms with Gasteiger partial charge in [0.05, 0.1) is 19.1 Å². The number of nitrogens with one attached hydrogen (secondary N) is 2. The van der Waals surface area contributed by atoms with E-state index in [1.165, 1.54) is 0 Å². The van der Waals surface area contributed by atoms with Crippen LogP contribution in [0.5, 0.6) is 0 Å². The summed E-state index contributed by atoms with van der Waals surface area (Å²) in [6, 6.07) is 0.164. The maximum Gasteiger partial charge on any atom is 0.227 e. The van der Waals surface area contributed by atoms with Gasteiger partial charge in [-0.05, 0) is 26.6 Å². The summed E-state index contributed by atoms with van der Waals surface area (Å²) in [5.41, 5.74) is 0. The van der Waals surface area contributed by atoms with Gasteiger partial charge in [-0.3, -0.25) is 4.79 Å². The minimum Gasteiger partial charge on any atom is -0.379 e. The Kier molecular flexibility index (Phi) is 5.76. The van der Waals surface area contributed by atoms with Crippen LogP contribution in [0.3, 0.4) is 0 Å². The van der Waals surface area contributed by atoms with Crippen LogP contribution in [0.1, 0.15) is 20.8 Å². The van der Waals surface area contributed by atoms with Crippen molar-refractivity contribution in [3.05, 3.63) is 0 Å². The molecule has 1 rings (SSSR count). The molecule has 0 spiro atoms. The fourth-order valence-corrected chi connectivity index (χ4v) is 2.00. The zero-order valence-electron chi connectivity index (χ0n) is 11.2. The first-order valence-electron chi connectivity index (χ1n) is 6.14. The number of amides is 1. The Morgan fingerprint density at radius 3 is 2.76 bits per heavy atom. The summed E-state index contributed by atoms with van der Waals surface area (Å²) < 4.78 is 5.46. The second-order valence-electron chi connectivity index (χ2n) is 4.99. The number of likely N-dealkylation sites (N-methyl/N-ethyl adjacent to an activating group) is 1. The Bertz CT molecular complexity index is 259. The molecule has 0 saturated carbocycles. The number of carbonyl (C=O) groups is 1. The number of hydrogen-bond donors (Lipinski definition) is 2. The topological polar surface area (TPSA) is 50.4 Å². The average molecular weight is 260 g/mol. The molecule has 0 aromatic heterocycles. The lowest BCUT2D eigenvalue weighted by molar-refractivity contribution is -0.125. The fraction of sp³-hybridized carbons (Fsp3) is 0.917. The van der Waals surface area contributed by atoms with Crippen LogP contribution in [-0.4, -0.2) is 49.3 Å². The molecule has 2 N–H and O–H groups in total. The molecule has 1 heterocycles. The number of rotatable bonds is 6. The molecule has 4 nitrogen and oxygen atoms in total. The van der Waals surface area contributed by atoms with Crippen LogP contribution in [0.2, 0.25) is 0 Å². The molecule has 1 fully saturated rings. The molecule has 0 bridgehead atoms. The van der Waals surface area contributed by atoms with Gasteiger partial charge in [0.25, 0.3) is 0 Å². The Labute approximate surface area is 108 Å². The zero-order valence-corrected chi connectivity index (χ0v) is 12.0. The van der Waals surface area contributed by atoms with Gasteiger partial charge in [0.1, 0.15) is 0 Å². The molecule has 1 amide bonds. The van der Waals surface area contributed by atoms with Crippen LogP contribution >= 0.6 is 11.8 Å². The van der Waals surface area contributed by atoms with Crippen molar-refractivity contribution in [3.63, 3.8) is 0 Å². The van der Waals surface area contributed by atoms with Gasteiger partial charge in [0.15, 0.2) is 0 Å². The third kappa shape index (κ3) is 4.48. The lowest BCUT2D eigenvalue weighted by Gasteiger charge is -2.24. The molecular formula is C12H24N2O2S. The highest BCUT2D eigenvalue weighted by Gasteiger charge is 2.33. The van der Waals surface area contributed by atoms with Crippen molar-refractivity contribution in [2.75, 3.05) is 32.6 Å². The maximum absolute atomic E-state index is 12.1. The minimum absolute atomic E-state index is 0.0485. The van der Waals surface area contributed by atoms with Crippen molar-refractivity contribution >= 4 is 17.7 Å². The third-order valence-corrected chi connectivity index (χ3v) is 4.37. The number of ether oxygens (including phenoxy) is 1. The summed E-state index contributed by atoms with van der Waals surface area (Å²) >= 11 is 1.76. The van der Waals surface area contributed by atoms with Gasteiger partial charge in [-0.25, -0.2) is 0 Å². The molecule has 2 unspecified atom stereocenters. The van der Waals surface area contributed by atoms with E-state index < -0.39 is 0 Å². The summed E-state index contributed by atoms with van der Waals surface area (Å²) in [4.78, 5) is 12.1. The molecular weight excluding hydrogens is 236 g/mol. The van der Waals surface area contributed by atoms with Crippen LogP contribution in [-0.2, 0) is 9.53 Å². The van der Waals surface area contributed by atoms with E-state index in [1.54, 1.807) is 11.8 Å². The summed E-state index contributed by atoms with van der Waals surface area (Å²) in [6.07, 6.45) is 2.06. The van der Waals surface area contributed by atoms with Gasteiger partial charge < -0.3 is 15.4 Å². The normalized spacial score (nSPS) is 24.9. The van der Waals surface area contributed by atoms with Crippen molar-refractivity contribution in [1.29, 1.82) is 0 Å². The van der Waals surface area contributed by atoms with E-state index in [-0.39, 0.29) is 22.6 Å². The molecule has 5 heteroatoms. The van der Waals surface area contributed by atoms with Gasteiger partial charge in [0, 0.05) is 17.3 Å². The maximum atomic E-state index is 12.1. The summed E-state index contributed by atoms with van der Waals surface area (Å²) in [6.45, 7) is 9.04. The molecule has 1 aliphatic heterocycles. The number of carbonyl (C=O) groups excluding carboxylic acids is 1. The monoisotopic (exact) mass is 260 g/mol. The van der Waals surface area contributed by atoms with Crippen LogP contribution < -0.4 is 10.6 Å². The summed E-state index contributed by atoms with van der Waals surface area (Å²) in [5, 5.41) is 6.32. The van der Waals surface area contributed by atoms with Crippen molar-refractivity contribution in [1.82, 2.24) is 10.6 Å². The van der Waals surface area contributed by atoms with E-state index in [0.29, 0.717) is 19.8 Å². The predicted molar refractivity (Wildman–Crippen MR) is 72.4 cm³/mol. The van der Waals surface area contributed by atoms with Gasteiger partial charge in [-0.15, -0.1) is 0 Å². The van der Waals surface area contributed by atoms with E-state index in [4.69, 9.17) is 4.74 Å². The first-order chi connectivity index (χ1) is 8.00. The molecule has 2 atom stereocenters. The number of thioether (sulfide) groups is 1. The van der Waals surface area contributed by atoms with Gasteiger partial charge >= 0.3 is 0 Å². The number of hydrogen-bond acceptors (Lipinski definition) is 4. The first-order valence-corrected chi connectivity index (χ1v) is 7.36. The molecule has 0 aliphatic carbocycles. The second kappa shape index (κ2) is 6.61. The van der Waals surface area contributed by atoms with E-state index in [0.717, 1.165) is 6.54 Å². The molecule has 0 aromatic rings. The van der Waals surface area contributed by atoms with Crippen molar-refractivity contribution in [2.24, 2.45) is 5.92 Å². The molecule has 100 valence electrons. The quantitative estimate of drug-likeness (QED) is 0.744. The lowest BCUT2D eigenvalue weighted by atomic mass is 10.0. The van der Waals surface area contributed by atoms with Crippen molar-refractivity contribution < 1.29 is 9.53 Å². The van der Waals surface area contributed by atoms with E-state index in [2.05, 4.69) is 30.7 Å². The zero-order chi connectivity index (χ0) is 12.9. The smallest absolute Gasteiger partial charge is 0.227 e. The molecule has 1 saturated heterocycles. The van der Waals surface area contributed by atoms with E-state index >= 15 is 0 Å². The van der Waals surface area contributed by atoms with Gasteiger partial charge in [-0.2, -0.15) is 11.8 Å². The summed E-state index contributed by atoms with van der Waals surface area (Å²) in [7, 11) is 0. The highest BCUT2D eigenvalue weighted by atomic mass is 32.2. The van der Waals surface area contributed by atoms with Crippen LogP contribution in [0.15, 0.2) is 0 Å². The predicted octanol–water partition coefficient (Wildman–Crippen LogP) is 0.869. The minimum atomic E-state index is -0.0485. The van der Waals surface area contributed by atoms with Gasteiger partial charge in [0.2, 0.25) is 5.91 Å². The molecule has 17 heavy (non-hydrogen) atoms. The highest BCUT2D eigenvalue weighted by Crippen LogP contribution is 2.20. The molecule has 0 aromatic carbocycles. The van der Waals surface area contributed by atoms with Crippen molar-refractivity contribution in [2.45, 2.75) is 31.6 Å². The Balaban J connectivity index is 2.41. The van der Waals surface area contributed by atoms with Crippen LogP contribution in [0.25, 0.3) is 0 Å². The SMILES string of the molecule is CCNC1COCC1C(=O)NCC(C)(C)SC. The standard InChI is InChI=1S/C12H24N2O2S/c1-5-13-10-7-16-6-9(10)11(15)14-8-12(2,3)17-4/h9-10,13H,5-8H2,1-4H3,(H,14,15). The summed E-state index contributed by atoms with van der Waals surface area (Å²) in [5.74, 6) is 0.0585. The Morgan fingerprint density at radius 2 is 2.18 bits per heavy atom. The fourth-order valence-electron chi connectivity index (χ4n) is 1.78. The van der Waals surface area contributed by atoms with Crippen LogP contribution in [0.4, 0.5) is 0 Å². The van der Waals surface area contributed by atoms with Crippen LogP contribution in [0, 0.1) is 5.92 Å². The highest BCUT2D eigenvalue weighted by molar-refractivity contribution is 7.99. The Morgan fingerprint density at radius 1 is 1.47 bits per heavy atom. The van der Waals surface area contributed by atoms with Crippen molar-refractivity contribution in [3.8, 4) is 0 Å².